The van der Waals surface area contributed by atoms with Gasteiger partial charge in [0.2, 0.25) is 17.7 Å². The van der Waals surface area contributed by atoms with Crippen molar-refractivity contribution < 1.29 is 14.4 Å². The van der Waals surface area contributed by atoms with E-state index < -0.39 is 0 Å². The summed E-state index contributed by atoms with van der Waals surface area (Å²) in [6.07, 6.45) is 6.30. The molecule has 2 fully saturated rings. The summed E-state index contributed by atoms with van der Waals surface area (Å²) >= 11 is 0. The quantitative estimate of drug-likeness (QED) is 0.776. The number of nitrogens with one attached hydrogen (secondary N) is 2. The van der Waals surface area contributed by atoms with Crippen LogP contribution in [0.15, 0.2) is 24.3 Å². The minimum absolute atomic E-state index is 0.0766. The molecular weight excluding hydrogens is 380 g/mol. The molecule has 1 atom stereocenters. The number of carbonyl (C=O) groups is 3. The number of anilines is 2. The zero-order valence-electron chi connectivity index (χ0n) is 18.2. The lowest BCUT2D eigenvalue weighted by Gasteiger charge is -2.36. The lowest BCUT2D eigenvalue weighted by molar-refractivity contribution is -0.137. The van der Waals surface area contributed by atoms with Crippen molar-refractivity contribution in [1.29, 1.82) is 0 Å². The number of rotatable bonds is 5. The van der Waals surface area contributed by atoms with Crippen LogP contribution in [0.25, 0.3) is 0 Å². The van der Waals surface area contributed by atoms with Crippen molar-refractivity contribution in [1.82, 2.24) is 9.80 Å². The maximum absolute atomic E-state index is 12.9. The molecule has 0 radical (unpaired) electrons. The molecule has 1 unspecified atom stereocenters. The molecule has 0 bridgehead atoms. The van der Waals surface area contributed by atoms with Crippen LogP contribution < -0.4 is 10.6 Å². The molecule has 2 N–H and O–H groups in total. The lowest BCUT2D eigenvalue weighted by atomic mass is 9.94. The van der Waals surface area contributed by atoms with Crippen LogP contribution in [0.5, 0.6) is 0 Å². The monoisotopic (exact) mass is 414 g/mol. The standard InChI is InChI=1S/C23H34N4O3/c1-17(22(29)25-21-9-7-8-20(16-21)24-18(2)28)26-14-10-19(11-15-26)23(30)27-12-5-3-4-6-13-27/h7-9,16-17,19H,3-6,10-15H2,1-2H3,(H,24,28)(H,25,29). The van der Waals surface area contributed by atoms with Crippen LogP contribution in [0.4, 0.5) is 11.4 Å². The highest BCUT2D eigenvalue weighted by Crippen LogP contribution is 2.23. The van der Waals surface area contributed by atoms with E-state index in [9.17, 15) is 14.4 Å². The van der Waals surface area contributed by atoms with Crippen LogP contribution in [0.1, 0.15) is 52.4 Å². The number of carbonyl (C=O) groups excluding carboxylic acids is 3. The number of hydrogen-bond donors (Lipinski definition) is 2. The van der Waals surface area contributed by atoms with E-state index in [-0.39, 0.29) is 23.8 Å². The molecule has 2 heterocycles. The van der Waals surface area contributed by atoms with Crippen molar-refractivity contribution in [3.8, 4) is 0 Å². The van der Waals surface area contributed by atoms with E-state index in [1.54, 1.807) is 18.2 Å². The Labute approximate surface area is 179 Å². The fourth-order valence-corrected chi connectivity index (χ4v) is 4.37. The predicted molar refractivity (Wildman–Crippen MR) is 118 cm³/mol. The van der Waals surface area contributed by atoms with Crippen molar-refractivity contribution in [2.24, 2.45) is 5.92 Å². The highest BCUT2D eigenvalue weighted by Gasteiger charge is 2.32. The van der Waals surface area contributed by atoms with E-state index in [0.29, 0.717) is 17.3 Å². The van der Waals surface area contributed by atoms with Gasteiger partial charge in [-0.1, -0.05) is 18.9 Å². The zero-order valence-corrected chi connectivity index (χ0v) is 18.2. The van der Waals surface area contributed by atoms with Gasteiger partial charge >= 0.3 is 0 Å². The largest absolute Gasteiger partial charge is 0.342 e. The van der Waals surface area contributed by atoms with E-state index in [1.807, 2.05) is 13.0 Å². The molecule has 0 aromatic heterocycles. The molecule has 7 heteroatoms. The summed E-state index contributed by atoms with van der Waals surface area (Å²) in [5.74, 6) is 0.170. The van der Waals surface area contributed by atoms with Gasteiger partial charge in [0.25, 0.3) is 0 Å². The highest BCUT2D eigenvalue weighted by molar-refractivity contribution is 5.96. The Kier molecular flexibility index (Phi) is 7.85. The van der Waals surface area contributed by atoms with Crippen molar-refractivity contribution in [3.05, 3.63) is 24.3 Å². The summed E-state index contributed by atoms with van der Waals surface area (Å²) in [6.45, 7) is 6.67. The maximum Gasteiger partial charge on any atom is 0.241 e. The van der Waals surface area contributed by atoms with Gasteiger partial charge in [-0.25, -0.2) is 0 Å². The smallest absolute Gasteiger partial charge is 0.241 e. The maximum atomic E-state index is 12.9. The first-order chi connectivity index (χ1) is 14.4. The average molecular weight is 415 g/mol. The van der Waals surface area contributed by atoms with Crippen LogP contribution in [-0.2, 0) is 14.4 Å². The molecular formula is C23H34N4O3. The summed E-state index contributed by atoms with van der Waals surface area (Å²) in [5, 5.41) is 5.66. The molecule has 3 rings (SSSR count). The topological polar surface area (TPSA) is 81.8 Å². The number of nitrogens with zero attached hydrogens (tertiary/aromatic N) is 2. The van der Waals surface area contributed by atoms with E-state index in [1.165, 1.54) is 19.8 Å². The summed E-state index contributed by atoms with van der Waals surface area (Å²) in [5.41, 5.74) is 1.31. The van der Waals surface area contributed by atoms with Crippen LogP contribution in [0.3, 0.4) is 0 Å². The van der Waals surface area contributed by atoms with Crippen molar-refractivity contribution in [3.63, 3.8) is 0 Å². The Morgan fingerprint density at radius 1 is 0.933 bits per heavy atom. The van der Waals surface area contributed by atoms with E-state index in [0.717, 1.165) is 51.9 Å². The number of benzene rings is 1. The van der Waals surface area contributed by atoms with Gasteiger partial charge < -0.3 is 15.5 Å². The average Bonchev–Trinajstić information content (AvgIpc) is 3.02. The number of likely N-dealkylation sites (tertiary alicyclic amines) is 2. The van der Waals surface area contributed by atoms with Gasteiger partial charge in [0.1, 0.15) is 0 Å². The Balaban J connectivity index is 1.49. The normalized spacial score (nSPS) is 19.6. The summed E-state index contributed by atoms with van der Waals surface area (Å²) < 4.78 is 0. The Morgan fingerprint density at radius 2 is 1.53 bits per heavy atom. The van der Waals surface area contributed by atoms with Gasteiger partial charge in [-0.3, -0.25) is 19.3 Å². The number of amides is 3. The molecule has 2 aliphatic heterocycles. The molecule has 1 aromatic carbocycles. The van der Waals surface area contributed by atoms with Gasteiger partial charge in [0, 0.05) is 37.3 Å². The van der Waals surface area contributed by atoms with Gasteiger partial charge in [-0.15, -0.1) is 0 Å². The van der Waals surface area contributed by atoms with Crippen molar-refractivity contribution in [2.75, 3.05) is 36.8 Å². The van der Waals surface area contributed by atoms with E-state index in [2.05, 4.69) is 20.4 Å². The number of hydrogen-bond acceptors (Lipinski definition) is 4. The highest BCUT2D eigenvalue weighted by atomic mass is 16.2. The Hall–Kier alpha value is -2.41. The van der Waals surface area contributed by atoms with Crippen molar-refractivity contribution in [2.45, 2.75) is 58.4 Å². The molecule has 7 nitrogen and oxygen atoms in total. The van der Waals surface area contributed by atoms with Crippen LogP contribution in [-0.4, -0.2) is 59.7 Å². The molecule has 1 aromatic rings. The molecule has 30 heavy (non-hydrogen) atoms. The van der Waals surface area contributed by atoms with Crippen LogP contribution in [0.2, 0.25) is 0 Å². The third kappa shape index (κ3) is 6.05. The zero-order chi connectivity index (χ0) is 21.5. The molecule has 164 valence electrons. The Bertz CT molecular complexity index is 751. The van der Waals surface area contributed by atoms with E-state index >= 15 is 0 Å². The first kappa shape index (κ1) is 22.3. The predicted octanol–water partition coefficient (Wildman–Crippen LogP) is 3.09. The SMILES string of the molecule is CC(=O)Nc1cccc(NC(=O)C(C)N2CCC(C(=O)N3CCCCCC3)CC2)c1. The molecule has 0 aliphatic carbocycles. The minimum atomic E-state index is -0.274. The number of piperidine rings is 1. The second-order valence-electron chi connectivity index (χ2n) is 8.48. The summed E-state index contributed by atoms with van der Waals surface area (Å²) in [6, 6.07) is 6.86. The van der Waals surface area contributed by atoms with Gasteiger partial charge in [-0.05, 0) is 63.9 Å². The molecule has 0 spiro atoms. The second kappa shape index (κ2) is 10.6. The third-order valence-electron chi connectivity index (χ3n) is 6.17. The van der Waals surface area contributed by atoms with Crippen LogP contribution in [0, 0.1) is 5.92 Å². The van der Waals surface area contributed by atoms with Gasteiger partial charge in [-0.2, -0.15) is 0 Å². The van der Waals surface area contributed by atoms with Crippen LogP contribution >= 0.6 is 0 Å². The van der Waals surface area contributed by atoms with Crippen molar-refractivity contribution >= 4 is 29.1 Å². The lowest BCUT2D eigenvalue weighted by Crippen LogP contribution is -2.48. The first-order valence-corrected chi connectivity index (χ1v) is 11.2. The van der Waals surface area contributed by atoms with E-state index in [4.69, 9.17) is 0 Å². The molecule has 2 aliphatic rings. The molecule has 2 saturated heterocycles. The minimum Gasteiger partial charge on any atom is -0.342 e. The third-order valence-corrected chi connectivity index (χ3v) is 6.17. The van der Waals surface area contributed by atoms with Gasteiger partial charge in [0.15, 0.2) is 0 Å². The summed E-state index contributed by atoms with van der Waals surface area (Å²) in [4.78, 5) is 41.0. The molecule has 3 amide bonds. The fraction of sp³-hybridized carbons (Fsp3) is 0.609. The molecule has 0 saturated carbocycles. The first-order valence-electron chi connectivity index (χ1n) is 11.2. The van der Waals surface area contributed by atoms with Gasteiger partial charge in [0.05, 0.1) is 6.04 Å². The Morgan fingerprint density at radius 3 is 2.13 bits per heavy atom. The fourth-order valence-electron chi connectivity index (χ4n) is 4.37. The second-order valence-corrected chi connectivity index (χ2v) is 8.48. The summed E-state index contributed by atoms with van der Waals surface area (Å²) in [7, 11) is 0.